The summed E-state index contributed by atoms with van der Waals surface area (Å²) in [6.45, 7) is 1.31. The van der Waals surface area contributed by atoms with Crippen LogP contribution in [0.25, 0.3) is 0 Å². The minimum Gasteiger partial charge on any atom is -0.350 e. The van der Waals surface area contributed by atoms with Crippen LogP contribution in [0.3, 0.4) is 0 Å². The Bertz CT molecular complexity index is 1020. The van der Waals surface area contributed by atoms with E-state index in [-0.39, 0.29) is 19.0 Å². The number of hydrogen-bond acceptors (Lipinski definition) is 4. The van der Waals surface area contributed by atoms with Gasteiger partial charge >= 0.3 is 0 Å². The zero-order valence-corrected chi connectivity index (χ0v) is 19.1. The first-order valence-electron chi connectivity index (χ1n) is 9.58. The predicted molar refractivity (Wildman–Crippen MR) is 119 cm³/mol. The number of likely N-dealkylation sites (tertiary alicyclic amines) is 1. The minimum absolute atomic E-state index is 0.169. The lowest BCUT2D eigenvalue weighted by atomic mass is 10.1. The van der Waals surface area contributed by atoms with E-state index in [1.54, 1.807) is 24.3 Å². The molecule has 7 nitrogen and oxygen atoms in total. The molecule has 0 radical (unpaired) electrons. The van der Waals surface area contributed by atoms with Crippen molar-refractivity contribution >= 4 is 43.5 Å². The van der Waals surface area contributed by atoms with Gasteiger partial charge in [0.1, 0.15) is 6.54 Å². The Hall–Kier alpha value is -2.39. The highest BCUT2D eigenvalue weighted by atomic mass is 79.9. The normalized spacial score (nSPS) is 14.1. The lowest BCUT2D eigenvalue weighted by molar-refractivity contribution is -0.128. The van der Waals surface area contributed by atoms with E-state index in [0.717, 1.165) is 39.1 Å². The highest BCUT2D eigenvalue weighted by molar-refractivity contribution is 9.10. The standard InChI is InChI=1S/C21H24BrN3O4S/c1-30(28,29)25(19-9-7-18(22)8-10-19)15-20(26)23-13-16-4-2-5-17(12-16)14-24-11-3-6-21(24)27/h2,4-5,7-10,12H,3,6,11,13-15H2,1H3,(H,23,26). The second-order valence-electron chi connectivity index (χ2n) is 7.26. The van der Waals surface area contributed by atoms with Gasteiger partial charge in [0.2, 0.25) is 21.8 Å². The summed E-state index contributed by atoms with van der Waals surface area (Å²) in [6, 6.07) is 14.4. The number of amides is 2. The van der Waals surface area contributed by atoms with Crippen LogP contribution in [0, 0.1) is 0 Å². The van der Waals surface area contributed by atoms with E-state index < -0.39 is 15.9 Å². The van der Waals surface area contributed by atoms with Gasteiger partial charge in [-0.15, -0.1) is 0 Å². The minimum atomic E-state index is -3.61. The van der Waals surface area contributed by atoms with E-state index >= 15 is 0 Å². The number of nitrogens with one attached hydrogen (secondary N) is 1. The van der Waals surface area contributed by atoms with Crippen molar-refractivity contribution < 1.29 is 18.0 Å². The third-order valence-electron chi connectivity index (χ3n) is 4.83. The van der Waals surface area contributed by atoms with E-state index in [2.05, 4.69) is 21.2 Å². The molecule has 1 saturated heterocycles. The summed E-state index contributed by atoms with van der Waals surface area (Å²) in [5, 5.41) is 2.78. The van der Waals surface area contributed by atoms with Crippen molar-refractivity contribution in [1.82, 2.24) is 10.2 Å². The van der Waals surface area contributed by atoms with Crippen molar-refractivity contribution in [3.05, 3.63) is 64.1 Å². The Kier molecular flexibility index (Phi) is 7.14. The maximum Gasteiger partial charge on any atom is 0.241 e. The number of benzene rings is 2. The van der Waals surface area contributed by atoms with Gasteiger partial charge in [-0.05, 0) is 41.8 Å². The molecular weight excluding hydrogens is 470 g/mol. The summed E-state index contributed by atoms with van der Waals surface area (Å²) in [5.41, 5.74) is 2.32. The summed E-state index contributed by atoms with van der Waals surface area (Å²) >= 11 is 3.31. The molecule has 1 aliphatic rings. The molecule has 30 heavy (non-hydrogen) atoms. The van der Waals surface area contributed by atoms with Gasteiger partial charge in [-0.25, -0.2) is 8.42 Å². The largest absolute Gasteiger partial charge is 0.350 e. The number of carbonyl (C=O) groups is 2. The molecule has 160 valence electrons. The van der Waals surface area contributed by atoms with E-state index in [0.29, 0.717) is 18.7 Å². The van der Waals surface area contributed by atoms with Gasteiger partial charge < -0.3 is 10.2 Å². The monoisotopic (exact) mass is 493 g/mol. The molecule has 0 unspecified atom stereocenters. The van der Waals surface area contributed by atoms with Crippen molar-refractivity contribution in [3.8, 4) is 0 Å². The summed E-state index contributed by atoms with van der Waals surface area (Å²) < 4.78 is 26.2. The molecule has 2 aromatic carbocycles. The van der Waals surface area contributed by atoms with Gasteiger partial charge in [0.05, 0.1) is 11.9 Å². The first-order valence-corrected chi connectivity index (χ1v) is 12.2. The third kappa shape index (κ3) is 6.06. The molecule has 1 aliphatic heterocycles. The lowest BCUT2D eigenvalue weighted by Gasteiger charge is -2.22. The van der Waals surface area contributed by atoms with Gasteiger partial charge in [0.15, 0.2) is 0 Å². The summed E-state index contributed by atoms with van der Waals surface area (Å²) in [5.74, 6) is -0.231. The highest BCUT2D eigenvalue weighted by Crippen LogP contribution is 2.20. The Morgan fingerprint density at radius 3 is 2.50 bits per heavy atom. The van der Waals surface area contributed by atoms with E-state index in [9.17, 15) is 18.0 Å². The molecule has 0 aliphatic carbocycles. The van der Waals surface area contributed by atoms with Crippen molar-refractivity contribution in [2.75, 3.05) is 23.7 Å². The molecule has 3 rings (SSSR count). The molecular formula is C21H24BrN3O4S. The van der Waals surface area contributed by atoms with Crippen LogP contribution in [0.1, 0.15) is 24.0 Å². The van der Waals surface area contributed by atoms with Crippen LogP contribution >= 0.6 is 15.9 Å². The molecule has 9 heteroatoms. The fraction of sp³-hybridized carbons (Fsp3) is 0.333. The number of anilines is 1. The molecule has 2 aromatic rings. The molecule has 0 spiro atoms. The topological polar surface area (TPSA) is 86.8 Å². The maximum absolute atomic E-state index is 12.4. The fourth-order valence-corrected chi connectivity index (χ4v) is 4.44. The quantitative estimate of drug-likeness (QED) is 0.612. The Balaban J connectivity index is 1.61. The van der Waals surface area contributed by atoms with Gasteiger partial charge in [-0.1, -0.05) is 40.2 Å². The second-order valence-corrected chi connectivity index (χ2v) is 10.1. The first kappa shape index (κ1) is 22.3. The van der Waals surface area contributed by atoms with Crippen molar-refractivity contribution in [2.24, 2.45) is 0 Å². The van der Waals surface area contributed by atoms with E-state index in [4.69, 9.17) is 0 Å². The van der Waals surface area contributed by atoms with E-state index in [1.165, 1.54) is 0 Å². The van der Waals surface area contributed by atoms with Crippen LogP contribution in [0.2, 0.25) is 0 Å². The molecule has 1 N–H and O–H groups in total. The maximum atomic E-state index is 12.4. The van der Waals surface area contributed by atoms with Crippen LogP contribution in [0.4, 0.5) is 5.69 Å². The Morgan fingerprint density at radius 2 is 1.87 bits per heavy atom. The van der Waals surface area contributed by atoms with Gasteiger partial charge in [0, 0.05) is 30.5 Å². The number of nitrogens with zero attached hydrogens (tertiary/aromatic N) is 2. The smallest absolute Gasteiger partial charge is 0.241 e. The summed E-state index contributed by atoms with van der Waals surface area (Å²) in [6.07, 6.45) is 2.57. The van der Waals surface area contributed by atoms with Crippen molar-refractivity contribution in [3.63, 3.8) is 0 Å². The van der Waals surface area contributed by atoms with Crippen LogP contribution in [-0.4, -0.2) is 44.5 Å². The second kappa shape index (κ2) is 9.61. The van der Waals surface area contributed by atoms with Crippen molar-refractivity contribution in [2.45, 2.75) is 25.9 Å². The highest BCUT2D eigenvalue weighted by Gasteiger charge is 2.21. The zero-order chi connectivity index (χ0) is 21.7. The average Bonchev–Trinajstić information content (AvgIpc) is 3.09. The van der Waals surface area contributed by atoms with Crippen LogP contribution in [-0.2, 0) is 32.7 Å². The third-order valence-corrected chi connectivity index (χ3v) is 6.50. The molecule has 2 amide bonds. The van der Waals surface area contributed by atoms with Gasteiger partial charge in [0.25, 0.3) is 0 Å². The van der Waals surface area contributed by atoms with Crippen LogP contribution < -0.4 is 9.62 Å². The predicted octanol–water partition coefficient (Wildman–Crippen LogP) is 2.65. The molecule has 0 saturated carbocycles. The molecule has 0 atom stereocenters. The molecule has 0 bridgehead atoms. The molecule has 0 aromatic heterocycles. The van der Waals surface area contributed by atoms with Crippen molar-refractivity contribution in [1.29, 1.82) is 0 Å². The summed E-state index contributed by atoms with van der Waals surface area (Å²) in [4.78, 5) is 26.1. The number of rotatable bonds is 8. The Labute approximate surface area is 185 Å². The first-order chi connectivity index (χ1) is 14.2. The van der Waals surface area contributed by atoms with Crippen LogP contribution in [0.15, 0.2) is 53.0 Å². The van der Waals surface area contributed by atoms with Crippen LogP contribution in [0.5, 0.6) is 0 Å². The number of sulfonamides is 1. The average molecular weight is 494 g/mol. The summed E-state index contributed by atoms with van der Waals surface area (Å²) in [7, 11) is -3.61. The number of halogens is 1. The Morgan fingerprint density at radius 1 is 1.17 bits per heavy atom. The molecule has 1 fully saturated rings. The van der Waals surface area contributed by atoms with E-state index in [1.807, 2.05) is 29.2 Å². The number of carbonyl (C=O) groups excluding carboxylic acids is 2. The molecule has 1 heterocycles. The number of hydrogen-bond donors (Lipinski definition) is 1. The lowest BCUT2D eigenvalue weighted by Crippen LogP contribution is -2.40. The zero-order valence-electron chi connectivity index (χ0n) is 16.7. The van der Waals surface area contributed by atoms with Gasteiger partial charge in [-0.3, -0.25) is 13.9 Å². The van der Waals surface area contributed by atoms with Gasteiger partial charge in [-0.2, -0.15) is 0 Å². The fourth-order valence-electron chi connectivity index (χ4n) is 3.32. The SMILES string of the molecule is CS(=O)(=O)N(CC(=O)NCc1cccc(CN2CCCC2=O)c1)c1ccc(Br)cc1.